The molecule has 0 aromatic rings. The fourth-order valence-corrected chi connectivity index (χ4v) is 0.653. The minimum absolute atomic E-state index is 0. The van der Waals surface area contributed by atoms with Crippen LogP contribution in [0.4, 0.5) is 0 Å². The van der Waals surface area contributed by atoms with Gasteiger partial charge in [-0.1, -0.05) is 19.8 Å². The van der Waals surface area contributed by atoms with Gasteiger partial charge in [0, 0.05) is 40.6 Å². The number of hydroxylamine groups is 1. The van der Waals surface area contributed by atoms with Gasteiger partial charge in [-0.3, -0.25) is 10.1 Å². The van der Waals surface area contributed by atoms with Crippen molar-refractivity contribution in [1.82, 2.24) is 5.48 Å². The van der Waals surface area contributed by atoms with Crippen LogP contribution in [-0.4, -0.2) is 5.91 Å². The van der Waals surface area contributed by atoms with Gasteiger partial charge in [0.1, 0.15) is 5.91 Å². The number of unbranched alkanes of at least 4 members (excludes halogenated alkanes) is 2. The molecule has 3 nitrogen and oxygen atoms in total. The van der Waals surface area contributed by atoms with E-state index in [1.54, 1.807) is 6.42 Å². The number of hydrogen-bond acceptors (Lipinski definition) is 2. The summed E-state index contributed by atoms with van der Waals surface area (Å²) >= 11 is 0. The van der Waals surface area contributed by atoms with Crippen LogP contribution in [0.3, 0.4) is 0 Å². The molecule has 0 radical (unpaired) electrons. The molecule has 1 unspecified atom stereocenters. The smallest absolute Gasteiger partial charge is 0.108 e. The van der Waals surface area contributed by atoms with Crippen molar-refractivity contribution < 1.29 is 40.5 Å². The molecule has 0 rings (SSSR count). The van der Waals surface area contributed by atoms with Crippen molar-refractivity contribution in [2.24, 2.45) is 0 Å². The van der Waals surface area contributed by atoms with E-state index in [4.69, 9.17) is 0 Å². The molecular weight excluding hydrogens is 387 g/mol. The third-order valence-corrected chi connectivity index (χ3v) is 1.16. The molecule has 64 valence electrons. The van der Waals surface area contributed by atoms with Gasteiger partial charge in [0.25, 0.3) is 0 Å². The Morgan fingerprint density at radius 1 is 1.73 bits per heavy atom. The average Bonchev–Trinajstić information content (AvgIpc) is 1.89. The van der Waals surface area contributed by atoms with E-state index in [-0.39, 0.29) is 37.0 Å². The molecule has 1 atom stereocenters. The molecule has 0 aromatic heterocycles. The van der Waals surface area contributed by atoms with Crippen LogP contribution in [0.2, 0.25) is 0 Å². The van der Waals surface area contributed by atoms with Crippen LogP contribution in [0.1, 0.15) is 26.2 Å². The van der Waals surface area contributed by atoms with E-state index in [0.29, 0.717) is 0 Å². The van der Waals surface area contributed by atoms with Gasteiger partial charge in [0.15, 0.2) is 0 Å². The van der Waals surface area contributed by atoms with Gasteiger partial charge in [-0.25, -0.2) is 0 Å². The zero-order chi connectivity index (χ0) is 7.82. The predicted molar refractivity (Wildman–Crippen MR) is 42.8 cm³/mol. The van der Waals surface area contributed by atoms with Crippen molar-refractivity contribution in [3.8, 4) is 0 Å². The van der Waals surface area contributed by atoms with Crippen molar-refractivity contribution in [2.45, 2.75) is 26.2 Å². The molecule has 5 heteroatoms. The molecule has 0 aliphatic carbocycles. The topological polar surface area (TPSA) is 38.3 Å². The molecule has 0 fully saturated rings. The maximum Gasteiger partial charge on any atom is 0.108 e. The summed E-state index contributed by atoms with van der Waals surface area (Å²) < 4.78 is 4.32. The van der Waals surface area contributed by atoms with Gasteiger partial charge in [0.2, 0.25) is 0 Å². The minimum Gasteiger partial charge on any atom is -0.309 e. The second-order valence-corrected chi connectivity index (χ2v) is 2.17. The van der Waals surface area contributed by atoms with E-state index in [9.17, 15) is 4.79 Å². The summed E-state index contributed by atoms with van der Waals surface area (Å²) in [6.45, 7) is 2.08. The number of rotatable bonds is 5. The van der Waals surface area contributed by atoms with Crippen molar-refractivity contribution in [3.63, 3.8) is 0 Å². The SMILES string of the molecule is CCCC[CH-]C(=O)NOP.[U]. The Kier molecular flexibility index (Phi) is 14.0. The van der Waals surface area contributed by atoms with Gasteiger partial charge in [-0.05, 0) is 0 Å². The molecule has 0 saturated carbocycles. The first-order chi connectivity index (χ1) is 4.81. The van der Waals surface area contributed by atoms with Crippen LogP contribution in [0.15, 0.2) is 0 Å². The van der Waals surface area contributed by atoms with Gasteiger partial charge in [0.05, 0.1) is 0 Å². The molecule has 0 bridgehead atoms. The molecule has 0 aliphatic heterocycles. The number of carbonyl (C=O) groups excluding carboxylic acids is 1. The average molecular weight is 400 g/mol. The first-order valence-corrected chi connectivity index (χ1v) is 3.77. The number of amides is 1. The Labute approximate surface area is 93.6 Å². The maximum absolute atomic E-state index is 10.6. The van der Waals surface area contributed by atoms with E-state index in [1.807, 2.05) is 9.47 Å². The Hall–Kier alpha value is 0.782. The Morgan fingerprint density at radius 2 is 2.36 bits per heavy atom. The molecule has 0 aliphatic rings. The van der Waals surface area contributed by atoms with Gasteiger partial charge >= 0.3 is 0 Å². The van der Waals surface area contributed by atoms with Crippen molar-refractivity contribution in [3.05, 3.63) is 6.42 Å². The number of carbonyl (C=O) groups is 1. The number of nitrogens with one attached hydrogen (secondary N) is 1. The normalized spacial score (nSPS) is 8.18. The van der Waals surface area contributed by atoms with Gasteiger partial charge in [-0.2, -0.15) is 6.42 Å². The Morgan fingerprint density at radius 3 is 2.82 bits per heavy atom. The van der Waals surface area contributed by atoms with E-state index in [0.717, 1.165) is 19.3 Å². The van der Waals surface area contributed by atoms with Crippen molar-refractivity contribution in [1.29, 1.82) is 0 Å². The zero-order valence-electron chi connectivity index (χ0n) is 6.59. The van der Waals surface area contributed by atoms with Crippen LogP contribution in [-0.2, 0) is 9.42 Å². The summed E-state index contributed by atoms with van der Waals surface area (Å²) in [4.78, 5) is 10.6. The molecule has 0 aromatic carbocycles. The summed E-state index contributed by atoms with van der Waals surface area (Å²) in [6, 6.07) is 0. The Bertz CT molecular complexity index is 103. The Balaban J connectivity index is 0. The molecule has 1 amide bonds. The molecule has 0 heterocycles. The molecular formula is C6H13NO2PU-. The van der Waals surface area contributed by atoms with Crippen LogP contribution in [0.25, 0.3) is 0 Å². The number of hydrogen-bond donors (Lipinski definition) is 1. The molecule has 0 spiro atoms. The third-order valence-electron chi connectivity index (χ3n) is 1.05. The summed E-state index contributed by atoms with van der Waals surface area (Å²) in [5.74, 6) is -0.177. The summed E-state index contributed by atoms with van der Waals surface area (Å²) in [7, 11) is 1.95. The van der Waals surface area contributed by atoms with Gasteiger partial charge < -0.3 is 11.2 Å². The first kappa shape index (κ1) is 14.3. The van der Waals surface area contributed by atoms with Crippen LogP contribution < -0.4 is 5.48 Å². The van der Waals surface area contributed by atoms with E-state index < -0.39 is 0 Å². The third kappa shape index (κ3) is 10.8. The maximum atomic E-state index is 10.6. The fourth-order valence-electron chi connectivity index (χ4n) is 0.537. The standard InChI is InChI=1S/C6H13NO2P.U/c1-2-3-4-5-6(8)7-9-10;/h5H,2-4,10H2,1H3,(H,7,8);/q-1;. The quantitative estimate of drug-likeness (QED) is 0.326. The van der Waals surface area contributed by atoms with Crippen molar-refractivity contribution >= 4 is 15.4 Å². The summed E-state index contributed by atoms with van der Waals surface area (Å²) in [5, 5.41) is 0. The van der Waals surface area contributed by atoms with E-state index in [1.165, 1.54) is 0 Å². The fraction of sp³-hybridized carbons (Fsp3) is 0.667. The summed E-state index contributed by atoms with van der Waals surface area (Å²) in [5.41, 5.74) is 2.17. The van der Waals surface area contributed by atoms with Gasteiger partial charge in [-0.15, -0.1) is 0 Å². The molecule has 11 heavy (non-hydrogen) atoms. The van der Waals surface area contributed by atoms with Crippen LogP contribution >= 0.6 is 9.47 Å². The zero-order valence-corrected chi connectivity index (χ0v) is 11.9. The minimum atomic E-state index is -0.177. The summed E-state index contributed by atoms with van der Waals surface area (Å²) in [6.07, 6.45) is 4.54. The second-order valence-electron chi connectivity index (χ2n) is 1.93. The first-order valence-electron chi connectivity index (χ1n) is 3.30. The molecule has 1 N–H and O–H groups in total. The van der Waals surface area contributed by atoms with Crippen LogP contribution in [0.5, 0.6) is 0 Å². The van der Waals surface area contributed by atoms with E-state index in [2.05, 4.69) is 17.0 Å². The van der Waals surface area contributed by atoms with Crippen molar-refractivity contribution in [2.75, 3.05) is 0 Å². The molecule has 0 saturated heterocycles. The largest absolute Gasteiger partial charge is 0.309 e. The van der Waals surface area contributed by atoms with Crippen LogP contribution in [0, 0.1) is 37.5 Å². The van der Waals surface area contributed by atoms with E-state index >= 15 is 0 Å². The predicted octanol–water partition coefficient (Wildman–Crippen LogP) is 1.22. The monoisotopic (exact) mass is 400 g/mol. The second kappa shape index (κ2) is 10.8.